The SMILES string of the molecule is Cc1ccc(/C=N\NC(=O)c2cccnc2)s1. The number of aryl methyl sites for hydroxylation is 1. The number of nitrogens with one attached hydrogen (secondary N) is 1. The second kappa shape index (κ2) is 5.36. The van der Waals surface area contributed by atoms with Gasteiger partial charge < -0.3 is 0 Å². The van der Waals surface area contributed by atoms with Crippen molar-refractivity contribution < 1.29 is 4.79 Å². The van der Waals surface area contributed by atoms with E-state index in [1.54, 1.807) is 35.9 Å². The maximum atomic E-state index is 11.6. The molecule has 2 heterocycles. The highest BCUT2D eigenvalue weighted by Gasteiger charge is 2.02. The Kier molecular flexibility index (Phi) is 3.62. The normalized spacial score (nSPS) is 10.6. The third kappa shape index (κ3) is 3.22. The van der Waals surface area contributed by atoms with Crippen molar-refractivity contribution in [3.63, 3.8) is 0 Å². The summed E-state index contributed by atoms with van der Waals surface area (Å²) in [5.41, 5.74) is 2.95. The van der Waals surface area contributed by atoms with Crippen LogP contribution in [-0.4, -0.2) is 17.1 Å². The van der Waals surface area contributed by atoms with E-state index in [-0.39, 0.29) is 5.91 Å². The van der Waals surface area contributed by atoms with Gasteiger partial charge in [0.05, 0.1) is 11.8 Å². The standard InChI is InChI=1S/C12H11N3OS/c1-9-4-5-11(17-9)8-14-15-12(16)10-3-2-6-13-7-10/h2-8H,1H3,(H,15,16)/b14-8-. The molecule has 0 aliphatic heterocycles. The number of hydrazone groups is 1. The average molecular weight is 245 g/mol. The fourth-order valence-corrected chi connectivity index (χ4v) is 1.99. The highest BCUT2D eigenvalue weighted by atomic mass is 32.1. The molecule has 0 aromatic carbocycles. The molecule has 0 fully saturated rings. The molecule has 0 aliphatic carbocycles. The first-order valence-corrected chi connectivity index (χ1v) is 5.87. The van der Waals surface area contributed by atoms with Crippen LogP contribution in [0.25, 0.3) is 0 Å². The van der Waals surface area contributed by atoms with Crippen LogP contribution in [0.3, 0.4) is 0 Å². The number of amides is 1. The van der Waals surface area contributed by atoms with Crippen LogP contribution in [0.1, 0.15) is 20.1 Å². The van der Waals surface area contributed by atoms with Crippen molar-refractivity contribution in [2.24, 2.45) is 5.10 Å². The summed E-state index contributed by atoms with van der Waals surface area (Å²) in [5.74, 6) is -0.261. The summed E-state index contributed by atoms with van der Waals surface area (Å²) in [6.45, 7) is 2.02. The molecule has 0 spiro atoms. The molecule has 0 radical (unpaired) electrons. The summed E-state index contributed by atoms with van der Waals surface area (Å²) in [6.07, 6.45) is 4.75. The van der Waals surface area contributed by atoms with Crippen molar-refractivity contribution in [3.8, 4) is 0 Å². The van der Waals surface area contributed by atoms with Gasteiger partial charge in [-0.25, -0.2) is 5.43 Å². The number of hydrogen-bond donors (Lipinski definition) is 1. The van der Waals surface area contributed by atoms with Gasteiger partial charge in [-0.2, -0.15) is 5.10 Å². The fourth-order valence-electron chi connectivity index (χ4n) is 1.24. The van der Waals surface area contributed by atoms with E-state index in [0.29, 0.717) is 5.56 Å². The lowest BCUT2D eigenvalue weighted by Gasteiger charge is -1.97. The van der Waals surface area contributed by atoms with Crippen molar-refractivity contribution in [2.75, 3.05) is 0 Å². The minimum atomic E-state index is -0.261. The summed E-state index contributed by atoms with van der Waals surface area (Å²) >= 11 is 1.62. The summed E-state index contributed by atoms with van der Waals surface area (Å²) in [5, 5.41) is 3.89. The van der Waals surface area contributed by atoms with Gasteiger partial charge in [0.1, 0.15) is 0 Å². The molecule has 0 aliphatic rings. The van der Waals surface area contributed by atoms with E-state index >= 15 is 0 Å². The molecule has 0 atom stereocenters. The maximum absolute atomic E-state index is 11.6. The van der Waals surface area contributed by atoms with E-state index in [1.165, 1.54) is 11.1 Å². The molecule has 2 rings (SSSR count). The van der Waals surface area contributed by atoms with Gasteiger partial charge in [0, 0.05) is 22.1 Å². The third-order valence-corrected chi connectivity index (χ3v) is 2.98. The van der Waals surface area contributed by atoms with Crippen molar-refractivity contribution in [1.29, 1.82) is 0 Å². The number of carbonyl (C=O) groups excluding carboxylic acids is 1. The molecule has 2 aromatic heterocycles. The number of pyridine rings is 1. The predicted octanol–water partition coefficient (Wildman–Crippen LogP) is 2.22. The van der Waals surface area contributed by atoms with Crippen LogP contribution >= 0.6 is 11.3 Å². The number of thiophene rings is 1. The topological polar surface area (TPSA) is 54.4 Å². The van der Waals surface area contributed by atoms with Gasteiger partial charge in [0.2, 0.25) is 0 Å². The van der Waals surface area contributed by atoms with Crippen LogP contribution in [0.2, 0.25) is 0 Å². The summed E-state index contributed by atoms with van der Waals surface area (Å²) in [7, 11) is 0. The van der Waals surface area contributed by atoms with Crippen LogP contribution in [0, 0.1) is 6.92 Å². The zero-order valence-electron chi connectivity index (χ0n) is 9.25. The molecular formula is C12H11N3OS. The summed E-state index contributed by atoms with van der Waals surface area (Å²) in [4.78, 5) is 17.7. The molecule has 4 nitrogen and oxygen atoms in total. The van der Waals surface area contributed by atoms with Crippen LogP contribution in [0.15, 0.2) is 41.8 Å². The Balaban J connectivity index is 1.95. The van der Waals surface area contributed by atoms with Gasteiger partial charge in [-0.05, 0) is 31.2 Å². The van der Waals surface area contributed by atoms with Crippen molar-refractivity contribution >= 4 is 23.5 Å². The Morgan fingerprint density at radius 1 is 1.47 bits per heavy atom. The zero-order chi connectivity index (χ0) is 12.1. The van der Waals surface area contributed by atoms with Gasteiger partial charge in [0.15, 0.2) is 0 Å². The Hall–Kier alpha value is -2.01. The molecule has 0 unspecified atom stereocenters. The fraction of sp³-hybridized carbons (Fsp3) is 0.0833. The molecule has 1 N–H and O–H groups in total. The van der Waals surface area contributed by atoms with E-state index in [9.17, 15) is 4.79 Å². The zero-order valence-corrected chi connectivity index (χ0v) is 10.1. The number of carbonyl (C=O) groups is 1. The van der Waals surface area contributed by atoms with Crippen LogP contribution in [-0.2, 0) is 0 Å². The molecule has 0 saturated carbocycles. The van der Waals surface area contributed by atoms with E-state index in [0.717, 1.165) is 4.88 Å². The first kappa shape index (κ1) is 11.5. The number of rotatable bonds is 3. The third-order valence-electron chi connectivity index (χ3n) is 2.04. The van der Waals surface area contributed by atoms with Gasteiger partial charge >= 0.3 is 0 Å². The number of nitrogens with zero attached hydrogens (tertiary/aromatic N) is 2. The van der Waals surface area contributed by atoms with Gasteiger partial charge in [0.25, 0.3) is 5.91 Å². The van der Waals surface area contributed by atoms with Crippen LogP contribution < -0.4 is 5.43 Å². The highest BCUT2D eigenvalue weighted by Crippen LogP contribution is 2.12. The minimum Gasteiger partial charge on any atom is -0.267 e. The lowest BCUT2D eigenvalue weighted by molar-refractivity contribution is 0.0955. The Morgan fingerprint density at radius 2 is 2.35 bits per heavy atom. The monoisotopic (exact) mass is 245 g/mol. The van der Waals surface area contributed by atoms with Crippen molar-refractivity contribution in [2.45, 2.75) is 6.92 Å². The van der Waals surface area contributed by atoms with E-state index < -0.39 is 0 Å². The number of hydrogen-bond acceptors (Lipinski definition) is 4. The lowest BCUT2D eigenvalue weighted by atomic mass is 10.3. The minimum absolute atomic E-state index is 0.261. The second-order valence-electron chi connectivity index (χ2n) is 3.39. The molecule has 86 valence electrons. The first-order chi connectivity index (χ1) is 8.25. The summed E-state index contributed by atoms with van der Waals surface area (Å²) in [6, 6.07) is 7.36. The molecule has 1 amide bonds. The maximum Gasteiger partial charge on any atom is 0.272 e. The molecular weight excluding hydrogens is 234 g/mol. The summed E-state index contributed by atoms with van der Waals surface area (Å²) < 4.78 is 0. The molecule has 2 aromatic rings. The molecule has 17 heavy (non-hydrogen) atoms. The van der Waals surface area contributed by atoms with E-state index in [4.69, 9.17) is 0 Å². The van der Waals surface area contributed by atoms with E-state index in [1.807, 2.05) is 19.1 Å². The van der Waals surface area contributed by atoms with Gasteiger partial charge in [-0.15, -0.1) is 11.3 Å². The van der Waals surface area contributed by atoms with Crippen LogP contribution in [0.4, 0.5) is 0 Å². The second-order valence-corrected chi connectivity index (χ2v) is 4.71. The van der Waals surface area contributed by atoms with Gasteiger partial charge in [-0.1, -0.05) is 0 Å². The van der Waals surface area contributed by atoms with Crippen LogP contribution in [0.5, 0.6) is 0 Å². The van der Waals surface area contributed by atoms with E-state index in [2.05, 4.69) is 15.5 Å². The smallest absolute Gasteiger partial charge is 0.267 e. The van der Waals surface area contributed by atoms with Gasteiger partial charge in [-0.3, -0.25) is 9.78 Å². The Labute approximate surface area is 103 Å². The molecule has 0 saturated heterocycles. The quantitative estimate of drug-likeness (QED) is 0.666. The van der Waals surface area contributed by atoms with Crippen molar-refractivity contribution in [3.05, 3.63) is 52.0 Å². The lowest BCUT2D eigenvalue weighted by Crippen LogP contribution is -2.17. The Bertz CT molecular complexity index is 534. The number of aromatic nitrogens is 1. The average Bonchev–Trinajstić information content (AvgIpc) is 2.76. The first-order valence-electron chi connectivity index (χ1n) is 5.05. The highest BCUT2D eigenvalue weighted by molar-refractivity contribution is 7.13. The predicted molar refractivity (Wildman–Crippen MR) is 68.4 cm³/mol. The largest absolute Gasteiger partial charge is 0.272 e. The molecule has 0 bridgehead atoms. The Morgan fingerprint density at radius 3 is 3.00 bits per heavy atom. The molecule has 5 heteroatoms. The van der Waals surface area contributed by atoms with Crippen molar-refractivity contribution in [1.82, 2.24) is 10.4 Å².